The molecule has 2 aliphatic heterocycles. The molecule has 1 aromatic rings. The highest BCUT2D eigenvalue weighted by molar-refractivity contribution is 8.27. The number of carboxylic acids is 1. The number of rotatable bonds is 3. The Morgan fingerprint density at radius 3 is 2.73 bits per heavy atom. The lowest BCUT2D eigenvalue weighted by molar-refractivity contribution is -0.137. The third kappa shape index (κ3) is 2.62. The molecule has 0 bridgehead atoms. The molecule has 3 rings (SSSR count). The highest BCUT2D eigenvalue weighted by Gasteiger charge is 2.38. The summed E-state index contributed by atoms with van der Waals surface area (Å²) < 4.78 is 0.415. The fourth-order valence-electron chi connectivity index (χ4n) is 2.23. The first-order valence-electron chi connectivity index (χ1n) is 6.49. The number of nitrogens with zero attached hydrogens (tertiary/aromatic N) is 2. The van der Waals surface area contributed by atoms with Crippen molar-refractivity contribution in [2.45, 2.75) is 11.3 Å². The molecule has 1 fully saturated rings. The van der Waals surface area contributed by atoms with Crippen molar-refractivity contribution < 1.29 is 14.7 Å². The monoisotopic (exact) mass is 352 g/mol. The number of carboxylic acid groups (broad SMARTS) is 1. The van der Waals surface area contributed by atoms with Gasteiger partial charge in [0, 0.05) is 18.5 Å². The van der Waals surface area contributed by atoms with E-state index >= 15 is 0 Å². The molecule has 0 spiro atoms. The summed E-state index contributed by atoms with van der Waals surface area (Å²) in [5.74, 6) is -1.15. The fourth-order valence-corrected chi connectivity index (χ4v) is 4.86. The van der Waals surface area contributed by atoms with Crippen LogP contribution in [0.25, 0.3) is 0 Å². The predicted molar refractivity (Wildman–Crippen MR) is 91.9 cm³/mol. The molecule has 0 radical (unpaired) electrons. The lowest BCUT2D eigenvalue weighted by atomic mass is 10.3. The Balaban J connectivity index is 1.89. The van der Waals surface area contributed by atoms with E-state index in [4.69, 9.17) is 17.3 Å². The molecular formula is C14H12N2O3S3. The number of fused-ring (bicyclic) bond motifs is 1. The minimum atomic E-state index is -0.943. The Morgan fingerprint density at radius 1 is 1.32 bits per heavy atom. The zero-order valence-electron chi connectivity index (χ0n) is 11.6. The van der Waals surface area contributed by atoms with Crippen LogP contribution in [0.2, 0.25) is 0 Å². The number of thiocarbonyl (C=S) groups is 1. The van der Waals surface area contributed by atoms with Gasteiger partial charge in [-0.3, -0.25) is 14.5 Å². The molecule has 1 amide bonds. The molecule has 1 N–H and O–H groups in total. The average Bonchev–Trinajstić information content (AvgIpc) is 2.95. The summed E-state index contributed by atoms with van der Waals surface area (Å²) in [6.45, 7) is 0.109. The molecule has 1 saturated heterocycles. The summed E-state index contributed by atoms with van der Waals surface area (Å²) in [5, 5.41) is 9.62. The highest BCUT2D eigenvalue weighted by atomic mass is 32.2. The zero-order chi connectivity index (χ0) is 15.9. The first-order chi connectivity index (χ1) is 10.5. The van der Waals surface area contributed by atoms with Gasteiger partial charge in [0.05, 0.1) is 17.1 Å². The lowest BCUT2D eigenvalue weighted by Gasteiger charge is -2.15. The van der Waals surface area contributed by atoms with Gasteiger partial charge in [0.25, 0.3) is 5.91 Å². The van der Waals surface area contributed by atoms with Gasteiger partial charge in [0.1, 0.15) is 9.23 Å². The Morgan fingerprint density at radius 2 is 2.05 bits per heavy atom. The van der Waals surface area contributed by atoms with Crippen LogP contribution in [0.15, 0.2) is 39.1 Å². The number of amides is 1. The second kappa shape index (κ2) is 5.94. The number of para-hydroxylation sites is 1. The number of carbonyl (C=O) groups excluding carboxylic acids is 1. The van der Waals surface area contributed by atoms with Crippen molar-refractivity contribution in [3.05, 3.63) is 34.2 Å². The van der Waals surface area contributed by atoms with Gasteiger partial charge in [0.15, 0.2) is 0 Å². The summed E-state index contributed by atoms with van der Waals surface area (Å²) >= 11 is 7.99. The zero-order valence-corrected chi connectivity index (χ0v) is 14.1. The molecule has 22 heavy (non-hydrogen) atoms. The van der Waals surface area contributed by atoms with Crippen LogP contribution >= 0.6 is 35.7 Å². The van der Waals surface area contributed by atoms with Crippen LogP contribution in [0.1, 0.15) is 6.42 Å². The topological polar surface area (TPSA) is 60.9 Å². The Bertz CT molecular complexity index is 717. The van der Waals surface area contributed by atoms with Crippen LogP contribution < -0.4 is 4.90 Å². The predicted octanol–water partition coefficient (Wildman–Crippen LogP) is 2.73. The molecule has 114 valence electrons. The van der Waals surface area contributed by atoms with Crippen molar-refractivity contribution in [3.8, 4) is 0 Å². The minimum Gasteiger partial charge on any atom is -0.481 e. The third-order valence-electron chi connectivity index (χ3n) is 3.33. The first kappa shape index (κ1) is 15.4. The summed E-state index contributed by atoms with van der Waals surface area (Å²) in [4.78, 5) is 28.2. The number of aliphatic carboxylic acids is 1. The molecule has 1 aromatic carbocycles. The minimum absolute atomic E-state index is 0.109. The number of hydrogen-bond acceptors (Lipinski definition) is 6. The molecule has 0 atom stereocenters. The summed E-state index contributed by atoms with van der Waals surface area (Å²) in [5.41, 5.74) is 1.05. The molecule has 2 heterocycles. The van der Waals surface area contributed by atoms with Crippen molar-refractivity contribution in [2.24, 2.45) is 0 Å². The number of thioether (sulfide) groups is 2. The van der Waals surface area contributed by atoms with E-state index in [0.717, 1.165) is 15.6 Å². The Hall–Kier alpha value is -1.51. The van der Waals surface area contributed by atoms with Crippen LogP contribution in [0.4, 0.5) is 5.69 Å². The van der Waals surface area contributed by atoms with E-state index in [0.29, 0.717) is 9.23 Å². The van der Waals surface area contributed by atoms with Gasteiger partial charge in [-0.2, -0.15) is 0 Å². The van der Waals surface area contributed by atoms with Crippen LogP contribution in [-0.2, 0) is 9.59 Å². The van der Waals surface area contributed by atoms with Gasteiger partial charge < -0.3 is 10.0 Å². The maximum absolute atomic E-state index is 12.5. The molecule has 2 aliphatic rings. The second-order valence-electron chi connectivity index (χ2n) is 4.73. The van der Waals surface area contributed by atoms with Crippen molar-refractivity contribution in [2.75, 3.05) is 18.5 Å². The number of benzene rings is 1. The van der Waals surface area contributed by atoms with Crippen molar-refractivity contribution in [3.63, 3.8) is 0 Å². The third-order valence-corrected chi connectivity index (χ3v) is 6.13. The summed E-state index contributed by atoms with van der Waals surface area (Å²) in [7, 11) is 1.91. The first-order valence-corrected chi connectivity index (χ1v) is 8.53. The summed E-state index contributed by atoms with van der Waals surface area (Å²) in [6.07, 6.45) is -0.113. The standard InChI is InChI=1S/C14H12N2O3S3/c1-15-8-4-2-3-5-9(8)21-13(15)11-12(19)16(14(20)22-11)7-6-10(17)18/h2-5H,6-7H2,1H3,(H,17,18)/b13-11+. The van der Waals surface area contributed by atoms with Crippen LogP contribution in [0.5, 0.6) is 0 Å². The highest BCUT2D eigenvalue weighted by Crippen LogP contribution is 2.49. The largest absolute Gasteiger partial charge is 0.481 e. The average molecular weight is 352 g/mol. The van der Waals surface area contributed by atoms with Gasteiger partial charge in [-0.05, 0) is 12.1 Å². The van der Waals surface area contributed by atoms with Crippen molar-refractivity contribution in [1.29, 1.82) is 0 Å². The molecule has 0 saturated carbocycles. The smallest absolute Gasteiger partial charge is 0.305 e. The Kier molecular flexibility index (Phi) is 4.16. The van der Waals surface area contributed by atoms with Gasteiger partial charge in [0.2, 0.25) is 0 Å². The molecule has 8 heteroatoms. The Labute approximate surface area is 141 Å². The number of hydrogen-bond donors (Lipinski definition) is 1. The van der Waals surface area contributed by atoms with E-state index in [1.165, 1.54) is 28.4 Å². The molecule has 0 aliphatic carbocycles. The van der Waals surface area contributed by atoms with Crippen molar-refractivity contribution in [1.82, 2.24) is 4.90 Å². The lowest BCUT2D eigenvalue weighted by Crippen LogP contribution is -2.30. The maximum Gasteiger partial charge on any atom is 0.305 e. The van der Waals surface area contributed by atoms with Gasteiger partial charge in [-0.15, -0.1) is 0 Å². The number of carbonyl (C=O) groups is 2. The molecule has 5 nitrogen and oxygen atoms in total. The van der Waals surface area contributed by atoms with Crippen LogP contribution in [-0.4, -0.2) is 39.8 Å². The van der Waals surface area contributed by atoms with E-state index in [9.17, 15) is 9.59 Å². The molecular weight excluding hydrogens is 340 g/mol. The van der Waals surface area contributed by atoms with Gasteiger partial charge >= 0.3 is 5.97 Å². The quantitative estimate of drug-likeness (QED) is 0.663. The van der Waals surface area contributed by atoms with Crippen molar-refractivity contribution >= 4 is 57.6 Å². The van der Waals surface area contributed by atoms with E-state index in [1.807, 2.05) is 36.2 Å². The molecule has 0 aromatic heterocycles. The normalized spacial score (nSPS) is 20.8. The van der Waals surface area contributed by atoms with Gasteiger partial charge in [-0.1, -0.05) is 47.9 Å². The van der Waals surface area contributed by atoms with Crippen LogP contribution in [0, 0.1) is 0 Å². The van der Waals surface area contributed by atoms with Crippen LogP contribution in [0.3, 0.4) is 0 Å². The van der Waals surface area contributed by atoms with E-state index in [1.54, 1.807) is 0 Å². The SMILES string of the molecule is CN1/C(=C2\SC(=S)N(CCC(=O)O)C2=O)Sc2ccccc21. The van der Waals surface area contributed by atoms with E-state index in [-0.39, 0.29) is 18.9 Å². The second-order valence-corrected chi connectivity index (χ2v) is 7.41. The van der Waals surface area contributed by atoms with E-state index in [2.05, 4.69) is 0 Å². The van der Waals surface area contributed by atoms with E-state index < -0.39 is 5.97 Å². The number of anilines is 1. The fraction of sp³-hybridized carbons (Fsp3) is 0.214. The van der Waals surface area contributed by atoms with Gasteiger partial charge in [-0.25, -0.2) is 0 Å². The summed E-state index contributed by atoms with van der Waals surface area (Å²) in [6, 6.07) is 7.92. The maximum atomic E-state index is 12.5. The molecule has 0 unspecified atom stereocenters.